The summed E-state index contributed by atoms with van der Waals surface area (Å²) in [5.41, 5.74) is -0.497. The number of allylic oxidation sites excluding steroid dienone is 4. The van der Waals surface area contributed by atoms with E-state index >= 15 is 0 Å². The molecule has 0 amide bonds. The lowest BCUT2D eigenvalue weighted by molar-refractivity contribution is -0.108. The first-order chi connectivity index (χ1) is 6.43. The molecule has 0 aromatic rings. The molecule has 1 atom stereocenters. The van der Waals surface area contributed by atoms with Crippen LogP contribution in [0.25, 0.3) is 0 Å². The van der Waals surface area contributed by atoms with Gasteiger partial charge in [-0.05, 0) is 23.8 Å². The lowest BCUT2D eigenvalue weighted by Gasteiger charge is -2.09. The van der Waals surface area contributed by atoms with Gasteiger partial charge in [-0.25, -0.2) is 4.39 Å². The molecule has 7 heteroatoms. The minimum absolute atomic E-state index is 0.280. The van der Waals surface area contributed by atoms with E-state index in [0.717, 1.165) is 12.2 Å². The van der Waals surface area contributed by atoms with Crippen LogP contribution in [0.3, 0.4) is 0 Å². The Morgan fingerprint density at radius 2 is 2.07 bits per heavy atom. The van der Waals surface area contributed by atoms with Crippen LogP contribution in [0, 0.1) is 0 Å². The highest BCUT2D eigenvalue weighted by molar-refractivity contribution is 7.73. The summed E-state index contributed by atoms with van der Waals surface area (Å²) in [7, 11) is -2.60. The predicted octanol–water partition coefficient (Wildman–Crippen LogP) is 1.20. The first kappa shape index (κ1) is 11.4. The Hall–Kier alpha value is -0.650. The molecule has 3 nitrogen and oxygen atoms in total. The van der Waals surface area contributed by atoms with Crippen LogP contribution >= 0.6 is 23.2 Å². The van der Waals surface area contributed by atoms with E-state index in [-0.39, 0.29) is 4.86 Å². The van der Waals surface area contributed by atoms with E-state index in [0.29, 0.717) is 0 Å². The van der Waals surface area contributed by atoms with Crippen LogP contribution in [0.1, 0.15) is 0 Å². The molecule has 0 bridgehead atoms. The fourth-order valence-corrected chi connectivity index (χ4v) is 1.88. The van der Waals surface area contributed by atoms with Gasteiger partial charge >= 0.3 is 0 Å². The molecule has 0 aromatic carbocycles. The lowest BCUT2D eigenvalue weighted by atomic mass is 10.1. The van der Waals surface area contributed by atoms with Crippen molar-refractivity contribution in [1.29, 1.82) is 0 Å². The van der Waals surface area contributed by atoms with E-state index in [1.807, 2.05) is 0 Å². The number of halogens is 3. The summed E-state index contributed by atoms with van der Waals surface area (Å²) in [6, 6.07) is 0. The van der Waals surface area contributed by atoms with Crippen molar-refractivity contribution >= 4 is 43.6 Å². The predicted molar refractivity (Wildman–Crippen MR) is 51.7 cm³/mol. The van der Waals surface area contributed by atoms with Crippen molar-refractivity contribution in [3.05, 3.63) is 23.6 Å². The van der Waals surface area contributed by atoms with Gasteiger partial charge < -0.3 is 0 Å². The molecule has 0 saturated carbocycles. The largest absolute Gasteiger partial charge is 0.275 e. The van der Waals surface area contributed by atoms with Crippen LogP contribution < -0.4 is 0 Å². The molecule has 0 saturated heterocycles. The molecule has 0 aliphatic heterocycles. The van der Waals surface area contributed by atoms with Gasteiger partial charge in [0, 0.05) is 0 Å². The molecule has 0 spiro atoms. The number of carbonyl (C=O) groups is 1. The summed E-state index contributed by atoms with van der Waals surface area (Å²) in [5.74, 6) is -0.917. The maximum absolute atomic E-state index is 13.0. The molecule has 1 aliphatic rings. The van der Waals surface area contributed by atoms with E-state index in [1.165, 1.54) is 0 Å². The Morgan fingerprint density at radius 1 is 1.50 bits per heavy atom. The van der Waals surface area contributed by atoms with Gasteiger partial charge in [0.25, 0.3) is 5.24 Å². The second-order valence-electron chi connectivity index (χ2n) is 2.39. The molecule has 0 heterocycles. The minimum Gasteiger partial charge on any atom is -0.275 e. The highest BCUT2D eigenvalue weighted by Crippen LogP contribution is 2.23. The van der Waals surface area contributed by atoms with Crippen LogP contribution in [0.4, 0.5) is 4.39 Å². The Morgan fingerprint density at radius 3 is 2.50 bits per heavy atom. The first-order valence-electron chi connectivity index (χ1n) is 3.33. The minimum atomic E-state index is -2.60. The van der Waals surface area contributed by atoms with Crippen LogP contribution in [0.15, 0.2) is 23.6 Å². The maximum Gasteiger partial charge on any atom is 0.255 e. The van der Waals surface area contributed by atoms with Crippen molar-refractivity contribution in [2.24, 2.45) is 0 Å². The van der Waals surface area contributed by atoms with Crippen molar-refractivity contribution in [1.82, 2.24) is 0 Å². The molecule has 0 fully saturated rings. The Labute approximate surface area is 90.3 Å². The highest BCUT2D eigenvalue weighted by Gasteiger charge is 2.23. The Kier molecular flexibility index (Phi) is 3.47. The van der Waals surface area contributed by atoms with Gasteiger partial charge in [0.1, 0.15) is 5.83 Å². The monoisotopic (exact) mass is 256 g/mol. The van der Waals surface area contributed by atoms with Gasteiger partial charge in [-0.2, -0.15) is 8.42 Å². The maximum atomic E-state index is 13.0. The van der Waals surface area contributed by atoms with Gasteiger partial charge in [0.2, 0.25) is 10.3 Å². The van der Waals surface area contributed by atoms with E-state index < -0.39 is 32.3 Å². The average molecular weight is 257 g/mol. The molecular weight excluding hydrogens is 254 g/mol. The molecule has 1 rings (SSSR count). The SMILES string of the molecule is O=C(Cl)C1=CC(=S(=O)=O)C(Cl)C=C1F. The smallest absolute Gasteiger partial charge is 0.255 e. The first-order valence-corrected chi connectivity index (χ1v) is 5.22. The van der Waals surface area contributed by atoms with Crippen molar-refractivity contribution in [3.63, 3.8) is 0 Å². The highest BCUT2D eigenvalue weighted by atomic mass is 35.5. The zero-order valence-electron chi connectivity index (χ0n) is 6.50. The van der Waals surface area contributed by atoms with Crippen molar-refractivity contribution in [3.8, 4) is 0 Å². The van der Waals surface area contributed by atoms with Crippen LogP contribution in [-0.2, 0) is 15.1 Å². The summed E-state index contributed by atoms with van der Waals surface area (Å²) < 4.78 is 34.1. The number of hydrogen-bond acceptors (Lipinski definition) is 3. The fourth-order valence-electron chi connectivity index (χ4n) is 0.882. The summed E-state index contributed by atoms with van der Waals surface area (Å²) >= 11 is 10.5. The summed E-state index contributed by atoms with van der Waals surface area (Å²) in [6.45, 7) is 0. The fraction of sp³-hybridized carbons (Fsp3) is 0.143. The van der Waals surface area contributed by atoms with E-state index in [4.69, 9.17) is 23.2 Å². The van der Waals surface area contributed by atoms with Crippen LogP contribution in [-0.4, -0.2) is 23.9 Å². The van der Waals surface area contributed by atoms with Gasteiger partial charge in [-0.15, -0.1) is 11.6 Å². The average Bonchev–Trinajstić information content (AvgIpc) is 2.02. The summed E-state index contributed by atoms with van der Waals surface area (Å²) in [6.07, 6.45) is 1.63. The van der Waals surface area contributed by atoms with Gasteiger partial charge in [-0.3, -0.25) is 4.79 Å². The van der Waals surface area contributed by atoms with E-state index in [2.05, 4.69) is 0 Å². The third-order valence-corrected chi connectivity index (χ3v) is 2.96. The second-order valence-corrected chi connectivity index (χ2v) is 4.14. The molecule has 1 aliphatic carbocycles. The standard InChI is InChI=1S/C7H3Cl2FO3S/c8-4-2-5(10)3(7(9)11)1-6(4)14(12)13/h1-2,4H. The quantitative estimate of drug-likeness (QED) is 0.403. The molecule has 1 unspecified atom stereocenters. The van der Waals surface area contributed by atoms with Gasteiger partial charge in [0.15, 0.2) is 0 Å². The second kappa shape index (κ2) is 4.25. The van der Waals surface area contributed by atoms with E-state index in [1.54, 1.807) is 0 Å². The molecule has 0 N–H and O–H groups in total. The zero-order chi connectivity index (χ0) is 10.9. The third-order valence-electron chi connectivity index (χ3n) is 1.51. The molecule has 14 heavy (non-hydrogen) atoms. The summed E-state index contributed by atoms with van der Waals surface area (Å²) in [5, 5.41) is -2.17. The normalized spacial score (nSPS) is 21.4. The van der Waals surface area contributed by atoms with Gasteiger partial charge in [-0.1, -0.05) is 0 Å². The number of alkyl halides is 1. The zero-order valence-corrected chi connectivity index (χ0v) is 8.83. The molecular formula is C7H3Cl2FO3S. The van der Waals surface area contributed by atoms with Crippen molar-refractivity contribution in [2.45, 2.75) is 5.38 Å². The molecule has 76 valence electrons. The molecule has 0 aromatic heterocycles. The number of hydrogen-bond donors (Lipinski definition) is 0. The lowest BCUT2D eigenvalue weighted by Crippen LogP contribution is -2.17. The Balaban J connectivity index is 3.35. The van der Waals surface area contributed by atoms with E-state index in [9.17, 15) is 17.6 Å². The van der Waals surface area contributed by atoms with Gasteiger partial charge in [0.05, 0.1) is 15.8 Å². The number of rotatable bonds is 1. The Bertz CT molecular complexity index is 467. The topological polar surface area (TPSA) is 51.2 Å². The van der Waals surface area contributed by atoms with Crippen molar-refractivity contribution in [2.75, 3.05) is 0 Å². The van der Waals surface area contributed by atoms with Crippen LogP contribution in [0.5, 0.6) is 0 Å². The number of carbonyl (C=O) groups excluding carboxylic acids is 1. The summed E-state index contributed by atoms with van der Waals surface area (Å²) in [4.78, 5) is 10.4. The van der Waals surface area contributed by atoms with Crippen molar-refractivity contribution < 1.29 is 17.6 Å². The molecule has 0 radical (unpaired) electrons. The third kappa shape index (κ3) is 2.23. The van der Waals surface area contributed by atoms with Crippen LogP contribution in [0.2, 0.25) is 0 Å².